The molecule has 0 spiro atoms. The van der Waals surface area contributed by atoms with Crippen LogP contribution in [-0.4, -0.2) is 35.1 Å². The van der Waals surface area contributed by atoms with Gasteiger partial charge in [-0.3, -0.25) is 0 Å². The van der Waals surface area contributed by atoms with Gasteiger partial charge in [0.05, 0.1) is 11.2 Å². The van der Waals surface area contributed by atoms with Crippen LogP contribution in [0.1, 0.15) is 38.3 Å². The molecule has 1 N–H and O–H groups in total. The quantitative estimate of drug-likeness (QED) is 0.673. The fraction of sp³-hybridized carbons (Fsp3) is 0.556. The van der Waals surface area contributed by atoms with E-state index in [9.17, 15) is 5.11 Å². The first-order valence-corrected chi connectivity index (χ1v) is 8.53. The highest BCUT2D eigenvalue weighted by Gasteiger charge is 2.43. The molecule has 0 saturated heterocycles. The monoisotopic (exact) mass is 350 g/mol. The Kier molecular flexibility index (Phi) is 4.80. The molecule has 0 bridgehead atoms. The van der Waals surface area contributed by atoms with E-state index in [1.54, 1.807) is 26.5 Å². The molecule has 0 amide bonds. The lowest BCUT2D eigenvalue weighted by molar-refractivity contribution is -0.234. The minimum Gasteiger partial charge on any atom is -0.384 e. The van der Waals surface area contributed by atoms with Crippen LogP contribution in [0.4, 0.5) is 0 Å². The molecule has 1 fully saturated rings. The second-order valence-corrected chi connectivity index (χ2v) is 7.02. The molecule has 1 aliphatic rings. The zero-order valence-electron chi connectivity index (χ0n) is 14.3. The van der Waals surface area contributed by atoms with Crippen molar-refractivity contribution in [3.63, 3.8) is 0 Å². The summed E-state index contributed by atoms with van der Waals surface area (Å²) in [5.74, 6) is -0.430. The predicted octanol–water partition coefficient (Wildman–Crippen LogP) is 3.67. The molecule has 24 heavy (non-hydrogen) atoms. The summed E-state index contributed by atoms with van der Waals surface area (Å²) in [6.45, 7) is 1.83. The van der Waals surface area contributed by atoms with Crippen LogP contribution in [0.25, 0.3) is 10.9 Å². The molecule has 2 heterocycles. The molecule has 0 aliphatic heterocycles. The molecule has 1 aliphatic carbocycles. The number of fused-ring (bicyclic) bond motifs is 1. The maximum absolute atomic E-state index is 11.2. The van der Waals surface area contributed by atoms with Gasteiger partial charge in [0.25, 0.3) is 0 Å². The number of pyridine rings is 2. The standard InChI is InChI=1S/C18H23ClN2O3/c1-17(22,13-6-8-18(23-2,24-3)9-7-13)15-5-4-12-11-20-16(19)10-14(12)21-15/h4-5,10-11,13,22H,6-9H2,1-3H3. The summed E-state index contributed by atoms with van der Waals surface area (Å²) in [4.78, 5) is 8.68. The molecule has 1 saturated carbocycles. The van der Waals surface area contributed by atoms with E-state index in [-0.39, 0.29) is 5.92 Å². The molecule has 2 aromatic rings. The largest absolute Gasteiger partial charge is 0.384 e. The van der Waals surface area contributed by atoms with Gasteiger partial charge in [0.2, 0.25) is 0 Å². The Morgan fingerprint density at radius 3 is 2.54 bits per heavy atom. The normalized spacial score (nSPS) is 20.9. The SMILES string of the molecule is COC1(OC)CCC(C(C)(O)c2ccc3cnc(Cl)cc3n2)CC1. The van der Waals surface area contributed by atoms with E-state index >= 15 is 0 Å². The van der Waals surface area contributed by atoms with Crippen molar-refractivity contribution in [3.8, 4) is 0 Å². The van der Waals surface area contributed by atoms with Gasteiger partial charge in [-0.15, -0.1) is 0 Å². The molecule has 1 unspecified atom stereocenters. The molecule has 0 radical (unpaired) electrons. The molecule has 1 atom stereocenters. The number of halogens is 1. The fourth-order valence-electron chi connectivity index (χ4n) is 3.59. The van der Waals surface area contributed by atoms with Gasteiger partial charge in [0.1, 0.15) is 10.8 Å². The highest BCUT2D eigenvalue weighted by Crippen LogP contribution is 2.43. The summed E-state index contributed by atoms with van der Waals surface area (Å²) >= 11 is 5.96. The van der Waals surface area contributed by atoms with Crippen LogP contribution in [0.3, 0.4) is 0 Å². The van der Waals surface area contributed by atoms with Gasteiger partial charge in [0, 0.05) is 44.7 Å². The maximum atomic E-state index is 11.2. The van der Waals surface area contributed by atoms with E-state index in [2.05, 4.69) is 9.97 Å². The first-order valence-electron chi connectivity index (χ1n) is 8.16. The smallest absolute Gasteiger partial charge is 0.167 e. The van der Waals surface area contributed by atoms with Crippen LogP contribution < -0.4 is 0 Å². The molecule has 5 nitrogen and oxygen atoms in total. The Hall–Kier alpha value is -1.27. The number of nitrogens with zero attached hydrogens (tertiary/aromatic N) is 2. The third kappa shape index (κ3) is 3.14. The Morgan fingerprint density at radius 1 is 1.25 bits per heavy atom. The Morgan fingerprint density at radius 2 is 1.92 bits per heavy atom. The van der Waals surface area contributed by atoms with Crippen molar-refractivity contribution in [2.45, 2.75) is 44.0 Å². The van der Waals surface area contributed by atoms with Crippen molar-refractivity contribution in [1.82, 2.24) is 9.97 Å². The van der Waals surface area contributed by atoms with Crippen molar-refractivity contribution >= 4 is 22.5 Å². The molecule has 6 heteroatoms. The molecule has 2 aromatic heterocycles. The lowest BCUT2D eigenvalue weighted by Crippen LogP contribution is -2.43. The van der Waals surface area contributed by atoms with Crippen molar-refractivity contribution in [2.24, 2.45) is 5.92 Å². The van der Waals surface area contributed by atoms with Gasteiger partial charge >= 0.3 is 0 Å². The minimum absolute atomic E-state index is 0.0955. The summed E-state index contributed by atoms with van der Waals surface area (Å²) in [7, 11) is 3.34. The van der Waals surface area contributed by atoms with Gasteiger partial charge in [-0.1, -0.05) is 11.6 Å². The second kappa shape index (κ2) is 6.56. The number of hydrogen-bond donors (Lipinski definition) is 1. The summed E-state index contributed by atoms with van der Waals surface area (Å²) < 4.78 is 11.0. The number of methoxy groups -OCH3 is 2. The van der Waals surface area contributed by atoms with Crippen molar-refractivity contribution in [3.05, 3.63) is 35.2 Å². The van der Waals surface area contributed by atoms with Gasteiger partial charge < -0.3 is 14.6 Å². The van der Waals surface area contributed by atoms with E-state index in [0.29, 0.717) is 10.8 Å². The third-order valence-electron chi connectivity index (χ3n) is 5.35. The number of rotatable bonds is 4. The highest BCUT2D eigenvalue weighted by atomic mass is 35.5. The van der Waals surface area contributed by atoms with E-state index in [1.165, 1.54) is 0 Å². The van der Waals surface area contributed by atoms with Gasteiger partial charge in [-0.2, -0.15) is 0 Å². The zero-order valence-corrected chi connectivity index (χ0v) is 15.0. The summed E-state index contributed by atoms with van der Waals surface area (Å²) in [6.07, 6.45) is 4.82. The molecule has 0 aromatic carbocycles. The Bertz CT molecular complexity index is 721. The molecule has 3 rings (SSSR count). The van der Waals surface area contributed by atoms with Crippen molar-refractivity contribution < 1.29 is 14.6 Å². The van der Waals surface area contributed by atoms with Crippen LogP contribution in [0.2, 0.25) is 5.15 Å². The third-order valence-corrected chi connectivity index (χ3v) is 5.55. The molecular formula is C18H23ClN2O3. The van der Waals surface area contributed by atoms with Crippen LogP contribution in [-0.2, 0) is 15.1 Å². The summed E-state index contributed by atoms with van der Waals surface area (Å²) in [5.41, 5.74) is 0.383. The number of ether oxygens (including phenoxy) is 2. The average molecular weight is 351 g/mol. The number of hydrogen-bond acceptors (Lipinski definition) is 5. The van der Waals surface area contributed by atoms with Crippen LogP contribution in [0.5, 0.6) is 0 Å². The van der Waals surface area contributed by atoms with E-state index in [1.807, 2.05) is 19.1 Å². The van der Waals surface area contributed by atoms with E-state index < -0.39 is 11.4 Å². The lowest BCUT2D eigenvalue weighted by Gasteiger charge is -2.42. The van der Waals surface area contributed by atoms with E-state index in [0.717, 1.165) is 36.6 Å². The summed E-state index contributed by atoms with van der Waals surface area (Å²) in [6, 6.07) is 5.51. The maximum Gasteiger partial charge on any atom is 0.167 e. The van der Waals surface area contributed by atoms with E-state index in [4.69, 9.17) is 21.1 Å². The molecular weight excluding hydrogens is 328 g/mol. The lowest BCUT2D eigenvalue weighted by atomic mass is 9.74. The molecule has 130 valence electrons. The highest BCUT2D eigenvalue weighted by molar-refractivity contribution is 6.29. The van der Waals surface area contributed by atoms with Gasteiger partial charge in [0.15, 0.2) is 5.79 Å². The predicted molar refractivity (Wildman–Crippen MR) is 92.8 cm³/mol. The first kappa shape index (κ1) is 17.5. The Labute approximate surface area is 147 Å². The summed E-state index contributed by atoms with van der Waals surface area (Å²) in [5, 5.41) is 12.5. The van der Waals surface area contributed by atoms with Crippen LogP contribution >= 0.6 is 11.6 Å². The average Bonchev–Trinajstić information content (AvgIpc) is 2.61. The van der Waals surface area contributed by atoms with Crippen LogP contribution in [0.15, 0.2) is 24.4 Å². The van der Waals surface area contributed by atoms with Gasteiger partial charge in [-0.25, -0.2) is 9.97 Å². The number of aromatic nitrogens is 2. The Balaban J connectivity index is 1.85. The van der Waals surface area contributed by atoms with Crippen molar-refractivity contribution in [1.29, 1.82) is 0 Å². The van der Waals surface area contributed by atoms with Crippen molar-refractivity contribution in [2.75, 3.05) is 14.2 Å². The number of aliphatic hydroxyl groups is 1. The second-order valence-electron chi connectivity index (χ2n) is 6.64. The van der Waals surface area contributed by atoms with Crippen LogP contribution in [0, 0.1) is 5.92 Å². The van der Waals surface area contributed by atoms with Gasteiger partial charge in [-0.05, 0) is 37.8 Å². The fourth-order valence-corrected chi connectivity index (χ4v) is 3.75. The topological polar surface area (TPSA) is 64.5 Å². The minimum atomic E-state index is -1.02. The zero-order chi connectivity index (χ0) is 17.4. The first-order chi connectivity index (χ1) is 11.4.